The molecule has 0 unspecified atom stereocenters. The summed E-state index contributed by atoms with van der Waals surface area (Å²) in [6.07, 6.45) is 2.87. The molecule has 2 heterocycles. The van der Waals surface area contributed by atoms with Gasteiger partial charge in [0.1, 0.15) is 11.4 Å². The van der Waals surface area contributed by atoms with Gasteiger partial charge in [0, 0.05) is 10.9 Å². The van der Waals surface area contributed by atoms with E-state index in [1.54, 1.807) is 18.4 Å². The summed E-state index contributed by atoms with van der Waals surface area (Å²) in [7, 11) is 1.38. The van der Waals surface area contributed by atoms with E-state index >= 15 is 0 Å². The maximum atomic E-state index is 12.9. The summed E-state index contributed by atoms with van der Waals surface area (Å²) in [6, 6.07) is 7.88. The molecule has 2 aromatic heterocycles. The Balaban J connectivity index is 0.000000291. The third-order valence-corrected chi connectivity index (χ3v) is 4.93. The van der Waals surface area contributed by atoms with E-state index in [1.807, 2.05) is 6.07 Å². The van der Waals surface area contributed by atoms with Crippen LogP contribution in [0.25, 0.3) is 11.1 Å². The van der Waals surface area contributed by atoms with Crippen molar-refractivity contribution in [2.24, 2.45) is 5.92 Å². The van der Waals surface area contributed by atoms with E-state index in [1.165, 1.54) is 49.6 Å². The molecule has 1 aliphatic rings. The summed E-state index contributed by atoms with van der Waals surface area (Å²) in [5, 5.41) is 16.9. The van der Waals surface area contributed by atoms with Gasteiger partial charge in [-0.3, -0.25) is 10.1 Å². The smallest absolute Gasteiger partial charge is 0.496 e. The Morgan fingerprint density at radius 3 is 2.70 bits per heavy atom. The molecule has 0 radical (unpaired) electrons. The number of benzene rings is 1. The second kappa shape index (κ2) is 12.7. The molecule has 0 amide bonds. The number of aromatic nitrogens is 3. The zero-order valence-corrected chi connectivity index (χ0v) is 19.1. The molecule has 0 N–H and O–H groups in total. The molecule has 10 heteroatoms. The molecule has 0 spiro atoms. The molecule has 1 fully saturated rings. The van der Waals surface area contributed by atoms with Crippen molar-refractivity contribution in [1.82, 2.24) is 15.2 Å². The molecule has 1 saturated carbocycles. The summed E-state index contributed by atoms with van der Waals surface area (Å²) in [5.74, 6) is 6.95. The average Bonchev–Trinajstić information content (AvgIpc) is 3.50. The van der Waals surface area contributed by atoms with Crippen LogP contribution in [0.1, 0.15) is 41.1 Å². The van der Waals surface area contributed by atoms with Gasteiger partial charge in [0.25, 0.3) is 6.43 Å². The molecule has 1 aromatic carbocycles. The predicted molar refractivity (Wildman–Crippen MR) is 114 cm³/mol. The Morgan fingerprint density at radius 2 is 2.12 bits per heavy atom. The maximum absolute atomic E-state index is 12.9. The Kier molecular flexibility index (Phi) is 10.1. The minimum absolute atomic E-state index is 0. The normalized spacial score (nSPS) is 11.7. The fourth-order valence-electron chi connectivity index (χ4n) is 2.65. The first kappa shape index (κ1) is 26.1. The van der Waals surface area contributed by atoms with E-state index in [2.05, 4.69) is 32.5 Å². The number of alkyl halides is 2. The van der Waals surface area contributed by atoms with E-state index in [9.17, 15) is 13.6 Å². The van der Waals surface area contributed by atoms with Gasteiger partial charge < -0.3 is 20.9 Å². The summed E-state index contributed by atoms with van der Waals surface area (Å²) in [5.41, 5.74) is 3.78. The minimum atomic E-state index is -2.74. The number of methoxy groups -OCH3 is 1. The summed E-state index contributed by atoms with van der Waals surface area (Å²) >= 11 is 1.37. The fourth-order valence-corrected chi connectivity index (χ4v) is 3.01. The number of hydrogen-bond acceptors (Lipinski definition) is 7. The van der Waals surface area contributed by atoms with Crippen LogP contribution in [0.5, 0.6) is 5.75 Å². The largest absolute Gasteiger partial charge is 2.00 e. The number of nitrogens with zero attached hydrogens (tertiary/aromatic N) is 4. The van der Waals surface area contributed by atoms with Gasteiger partial charge in [-0.25, -0.2) is 13.9 Å². The Labute approximate surface area is 204 Å². The Morgan fingerprint density at radius 1 is 1.33 bits per heavy atom. The minimum Gasteiger partial charge on any atom is -0.496 e. The quantitative estimate of drug-likeness (QED) is 0.290. The van der Waals surface area contributed by atoms with Crippen LogP contribution < -0.4 is 4.74 Å². The van der Waals surface area contributed by atoms with Gasteiger partial charge in [-0.1, -0.05) is 11.1 Å². The van der Waals surface area contributed by atoms with Crippen LogP contribution in [0.4, 0.5) is 8.78 Å². The molecule has 33 heavy (non-hydrogen) atoms. The van der Waals surface area contributed by atoms with Crippen LogP contribution in [0, 0.1) is 34.6 Å². The number of ether oxygens (including phenoxy) is 1. The SMILES string of the molecule is C(#CC1CC1)c1nn[c-]s1.COc1cnc(C(F)F)cc1-c1cc(CC#N)ccc1[C-]=O.[Ni+2]. The second-order valence-corrected chi connectivity index (χ2v) is 7.44. The average molecular weight is 509 g/mol. The first-order valence-electron chi connectivity index (χ1n) is 9.47. The van der Waals surface area contributed by atoms with Gasteiger partial charge in [0.2, 0.25) is 0 Å². The summed E-state index contributed by atoms with van der Waals surface area (Å²) in [6.45, 7) is 0. The van der Waals surface area contributed by atoms with Crippen molar-refractivity contribution in [2.75, 3.05) is 7.11 Å². The molecule has 170 valence electrons. The topological polar surface area (TPSA) is 88.8 Å². The van der Waals surface area contributed by atoms with Gasteiger partial charge in [-0.15, -0.1) is 35.1 Å². The molecule has 6 nitrogen and oxygen atoms in total. The van der Waals surface area contributed by atoms with Crippen molar-refractivity contribution < 1.29 is 34.8 Å². The monoisotopic (exact) mass is 508 g/mol. The number of carbonyl (C=O) groups excluding carboxylic acids is 1. The van der Waals surface area contributed by atoms with E-state index in [0.717, 1.165) is 5.01 Å². The first-order valence-corrected chi connectivity index (χ1v) is 10.3. The molecular formula is C23H16F2N4NiO2S. The summed E-state index contributed by atoms with van der Waals surface area (Å²) < 4.78 is 30.8. The number of rotatable bonds is 5. The number of nitriles is 1. The first-order chi connectivity index (χ1) is 15.5. The van der Waals surface area contributed by atoms with Gasteiger partial charge >= 0.3 is 16.5 Å². The van der Waals surface area contributed by atoms with Crippen LogP contribution in [0.15, 0.2) is 30.5 Å². The second-order valence-electron chi connectivity index (χ2n) is 6.67. The van der Waals surface area contributed by atoms with Crippen molar-refractivity contribution in [2.45, 2.75) is 25.7 Å². The van der Waals surface area contributed by atoms with Crippen molar-refractivity contribution >= 4 is 17.6 Å². The number of pyridine rings is 1. The van der Waals surface area contributed by atoms with E-state index in [-0.39, 0.29) is 34.2 Å². The summed E-state index contributed by atoms with van der Waals surface area (Å²) in [4.78, 5) is 14.7. The van der Waals surface area contributed by atoms with Gasteiger partial charge in [0.05, 0.1) is 32.1 Å². The van der Waals surface area contributed by atoms with E-state index in [4.69, 9.17) is 10.00 Å². The van der Waals surface area contributed by atoms with Crippen molar-refractivity contribution in [3.8, 4) is 34.8 Å². The molecular weight excluding hydrogens is 493 g/mol. The molecule has 0 atom stereocenters. The van der Waals surface area contributed by atoms with Crippen molar-refractivity contribution in [1.29, 1.82) is 5.26 Å². The van der Waals surface area contributed by atoms with Gasteiger partial charge in [-0.05, 0) is 24.5 Å². The van der Waals surface area contributed by atoms with Crippen LogP contribution in [-0.4, -0.2) is 28.6 Å². The molecule has 4 rings (SSSR count). The Hall–Kier alpha value is -3.20. The molecule has 0 bridgehead atoms. The number of halogens is 2. The van der Waals surface area contributed by atoms with Crippen molar-refractivity contribution in [3.63, 3.8) is 0 Å². The zero-order valence-electron chi connectivity index (χ0n) is 17.2. The van der Waals surface area contributed by atoms with Crippen LogP contribution in [-0.2, 0) is 27.7 Å². The fraction of sp³-hybridized carbons (Fsp3) is 0.261. The number of hydrogen-bond donors (Lipinski definition) is 0. The van der Waals surface area contributed by atoms with Crippen LogP contribution in [0.3, 0.4) is 0 Å². The third kappa shape index (κ3) is 7.42. The van der Waals surface area contributed by atoms with Gasteiger partial charge in [0.15, 0.2) is 0 Å². The van der Waals surface area contributed by atoms with Gasteiger partial charge in [-0.2, -0.15) is 11.3 Å². The standard InChI is InChI=1S/C16H11F2N2O2.C7H5N2S.Ni/c1-22-15-8-20-14(16(17)18)7-13(15)12-6-10(4-5-19)2-3-11(12)9-21;1-2-6(1)3-4-7-9-8-5-10-7;/h2-3,6-8,16H,4H2,1H3;6H,1-2H2;/q2*-1;+2. The molecule has 0 aliphatic heterocycles. The third-order valence-electron chi connectivity index (χ3n) is 4.38. The predicted octanol–water partition coefficient (Wildman–Crippen LogP) is 4.32. The molecule has 3 aromatic rings. The maximum Gasteiger partial charge on any atom is 2.00 e. The van der Waals surface area contributed by atoms with Crippen molar-refractivity contribution in [3.05, 3.63) is 57.8 Å². The van der Waals surface area contributed by atoms with E-state index < -0.39 is 12.1 Å². The zero-order chi connectivity index (χ0) is 22.9. The van der Waals surface area contributed by atoms with Crippen LogP contribution >= 0.6 is 11.3 Å². The molecule has 0 saturated heterocycles. The van der Waals surface area contributed by atoms with Crippen LogP contribution in [0.2, 0.25) is 0 Å². The molecule has 1 aliphatic carbocycles. The Bertz CT molecular complexity index is 1180. The van der Waals surface area contributed by atoms with E-state index in [0.29, 0.717) is 22.6 Å².